The van der Waals surface area contributed by atoms with E-state index in [4.69, 9.17) is 16.3 Å². The zero-order chi connectivity index (χ0) is 23.5. The van der Waals surface area contributed by atoms with Crippen LogP contribution in [-0.4, -0.2) is 28.0 Å². The quantitative estimate of drug-likeness (QED) is 0.543. The zero-order valence-electron chi connectivity index (χ0n) is 18.2. The maximum absolute atomic E-state index is 12.9. The van der Waals surface area contributed by atoms with E-state index >= 15 is 0 Å². The Bertz CT molecular complexity index is 948. The van der Waals surface area contributed by atoms with Gasteiger partial charge in [0, 0.05) is 37.1 Å². The number of pyridine rings is 2. The second kappa shape index (κ2) is 9.65. The van der Waals surface area contributed by atoms with E-state index in [0.29, 0.717) is 23.4 Å². The first-order valence-electron chi connectivity index (χ1n) is 10.6. The van der Waals surface area contributed by atoms with Crippen LogP contribution in [0.5, 0.6) is 5.75 Å². The number of amides is 1. The summed E-state index contributed by atoms with van der Waals surface area (Å²) in [6, 6.07) is 3.94. The minimum absolute atomic E-state index is 0.00371. The second-order valence-electron chi connectivity index (χ2n) is 8.79. The minimum Gasteiger partial charge on any atom is -0.478 e. The average molecular weight is 470 g/mol. The molecule has 1 N–H and O–H groups in total. The van der Waals surface area contributed by atoms with Gasteiger partial charge >= 0.3 is 6.18 Å². The van der Waals surface area contributed by atoms with E-state index in [9.17, 15) is 18.0 Å². The molecule has 2 heterocycles. The summed E-state index contributed by atoms with van der Waals surface area (Å²) in [4.78, 5) is 20.4. The molecule has 2 unspecified atom stereocenters. The third-order valence-electron chi connectivity index (χ3n) is 6.11. The molecule has 0 spiro atoms. The van der Waals surface area contributed by atoms with Crippen LogP contribution in [0.2, 0.25) is 5.02 Å². The number of hydrogen-bond acceptors (Lipinski definition) is 4. The summed E-state index contributed by atoms with van der Waals surface area (Å²) >= 11 is 6.14. The Morgan fingerprint density at radius 3 is 2.59 bits per heavy atom. The van der Waals surface area contributed by atoms with Crippen LogP contribution in [-0.2, 0) is 11.0 Å². The summed E-state index contributed by atoms with van der Waals surface area (Å²) in [5, 5.41) is 3.45. The van der Waals surface area contributed by atoms with Gasteiger partial charge in [-0.25, -0.2) is 0 Å². The lowest BCUT2D eigenvalue weighted by atomic mass is 9.70. The number of carbonyl (C=O) groups excluding carboxylic acids is 1. The molecule has 1 amide bonds. The van der Waals surface area contributed by atoms with Crippen LogP contribution in [0, 0.1) is 11.8 Å². The minimum atomic E-state index is -4.60. The van der Waals surface area contributed by atoms with Crippen LogP contribution in [0.1, 0.15) is 57.2 Å². The molecule has 1 fully saturated rings. The third kappa shape index (κ3) is 5.91. The van der Waals surface area contributed by atoms with Gasteiger partial charge in [-0.1, -0.05) is 37.8 Å². The van der Waals surface area contributed by atoms with Gasteiger partial charge in [-0.3, -0.25) is 14.8 Å². The molecular weight excluding hydrogens is 443 g/mol. The molecule has 3 rings (SSSR count). The van der Waals surface area contributed by atoms with Gasteiger partial charge in [0.05, 0.1) is 5.02 Å². The average Bonchev–Trinajstić information content (AvgIpc) is 2.66. The fourth-order valence-corrected chi connectivity index (χ4v) is 4.10. The Morgan fingerprint density at radius 1 is 1.28 bits per heavy atom. The maximum Gasteiger partial charge on any atom is 0.433 e. The molecule has 32 heavy (non-hydrogen) atoms. The van der Waals surface area contributed by atoms with E-state index in [1.165, 1.54) is 26.3 Å². The van der Waals surface area contributed by atoms with E-state index in [1.54, 1.807) is 12.4 Å². The highest BCUT2D eigenvalue weighted by Crippen LogP contribution is 2.41. The maximum atomic E-state index is 12.9. The highest BCUT2D eigenvalue weighted by molar-refractivity contribution is 6.30. The van der Waals surface area contributed by atoms with Gasteiger partial charge in [0.15, 0.2) is 5.60 Å². The lowest BCUT2D eigenvalue weighted by Gasteiger charge is -2.37. The number of aromatic nitrogens is 2. The summed E-state index contributed by atoms with van der Waals surface area (Å²) in [6.45, 7) is 5.54. The van der Waals surface area contributed by atoms with E-state index in [1.807, 2.05) is 6.07 Å². The Hall–Kier alpha value is -2.35. The SMILES string of the molecule is CC(C1CCC1)C(CNC(=O)C(C)(C)Oc1ccnc(C(F)(F)F)c1)c1cncc(Cl)c1. The van der Waals surface area contributed by atoms with Crippen molar-refractivity contribution in [3.8, 4) is 5.75 Å². The summed E-state index contributed by atoms with van der Waals surface area (Å²) in [5.74, 6) is 0.374. The Labute approximate surface area is 190 Å². The normalized spacial score (nSPS) is 16.7. The van der Waals surface area contributed by atoms with E-state index in [0.717, 1.165) is 30.7 Å². The van der Waals surface area contributed by atoms with Crippen LogP contribution >= 0.6 is 11.6 Å². The standard InChI is InChI=1S/C23H27ClF3N3O2/c1-14(15-5-4-6-15)19(16-9-17(24)12-28-11-16)13-30-21(31)22(2,3)32-18-7-8-29-20(10-18)23(25,26)27/h7-12,14-15,19H,4-6,13H2,1-3H3,(H,30,31). The molecular formula is C23H27ClF3N3O2. The van der Waals surface area contributed by atoms with Crippen LogP contribution in [0.25, 0.3) is 0 Å². The zero-order valence-corrected chi connectivity index (χ0v) is 19.0. The lowest BCUT2D eigenvalue weighted by molar-refractivity contribution is -0.141. The largest absolute Gasteiger partial charge is 0.478 e. The number of ether oxygens (including phenoxy) is 1. The van der Waals surface area contributed by atoms with E-state index in [2.05, 4.69) is 22.2 Å². The molecule has 1 saturated carbocycles. The molecule has 2 aromatic rings. The Morgan fingerprint density at radius 2 is 2.00 bits per heavy atom. The van der Waals surface area contributed by atoms with Gasteiger partial charge in [-0.05, 0) is 43.4 Å². The summed E-state index contributed by atoms with van der Waals surface area (Å²) in [7, 11) is 0. The topological polar surface area (TPSA) is 64.1 Å². The van der Waals surface area contributed by atoms with Gasteiger partial charge in [-0.2, -0.15) is 13.2 Å². The third-order valence-corrected chi connectivity index (χ3v) is 6.31. The van der Waals surface area contributed by atoms with Crippen molar-refractivity contribution in [2.24, 2.45) is 11.8 Å². The number of hydrogen-bond donors (Lipinski definition) is 1. The summed E-state index contributed by atoms with van der Waals surface area (Å²) in [6.07, 6.45) is 3.24. The highest BCUT2D eigenvalue weighted by atomic mass is 35.5. The molecule has 5 nitrogen and oxygen atoms in total. The molecule has 1 aliphatic rings. The number of nitrogens with zero attached hydrogens (tertiary/aromatic N) is 2. The number of nitrogens with one attached hydrogen (secondary N) is 1. The first-order valence-corrected chi connectivity index (χ1v) is 11.0. The molecule has 0 aromatic carbocycles. The summed E-state index contributed by atoms with van der Waals surface area (Å²) in [5.41, 5.74) is -1.52. The van der Waals surface area contributed by atoms with Crippen LogP contribution in [0.3, 0.4) is 0 Å². The fourth-order valence-electron chi connectivity index (χ4n) is 3.92. The predicted octanol–water partition coefficient (Wildman–Crippen LogP) is 5.64. The number of carbonyl (C=O) groups is 1. The molecule has 2 aromatic heterocycles. The smallest absolute Gasteiger partial charge is 0.433 e. The monoisotopic (exact) mass is 469 g/mol. The van der Waals surface area contributed by atoms with Gasteiger partial charge in [0.1, 0.15) is 11.4 Å². The van der Waals surface area contributed by atoms with E-state index in [-0.39, 0.29) is 11.7 Å². The van der Waals surface area contributed by atoms with Crippen molar-refractivity contribution in [1.29, 1.82) is 0 Å². The fraction of sp³-hybridized carbons (Fsp3) is 0.522. The van der Waals surface area contributed by atoms with Crippen molar-refractivity contribution in [2.75, 3.05) is 6.54 Å². The number of alkyl halides is 3. The highest BCUT2D eigenvalue weighted by Gasteiger charge is 2.36. The van der Waals surface area contributed by atoms with Crippen LogP contribution < -0.4 is 10.1 Å². The van der Waals surface area contributed by atoms with Gasteiger partial charge in [0.2, 0.25) is 0 Å². The van der Waals surface area contributed by atoms with Crippen LogP contribution in [0.15, 0.2) is 36.8 Å². The molecule has 0 radical (unpaired) electrons. The number of halogens is 4. The van der Waals surface area contributed by atoms with E-state index < -0.39 is 23.4 Å². The molecule has 2 atom stereocenters. The molecule has 9 heteroatoms. The molecule has 174 valence electrons. The second-order valence-corrected chi connectivity index (χ2v) is 9.23. The Balaban J connectivity index is 1.70. The molecule has 0 saturated heterocycles. The van der Waals surface area contributed by atoms with Gasteiger partial charge in [0.25, 0.3) is 5.91 Å². The van der Waals surface area contributed by atoms with Crippen molar-refractivity contribution in [3.05, 3.63) is 53.1 Å². The van der Waals surface area contributed by atoms with Crippen molar-refractivity contribution in [2.45, 2.75) is 57.7 Å². The summed E-state index contributed by atoms with van der Waals surface area (Å²) < 4.78 is 44.4. The van der Waals surface area contributed by atoms with Gasteiger partial charge in [-0.15, -0.1) is 0 Å². The lowest BCUT2D eigenvalue weighted by Crippen LogP contribution is -2.48. The molecule has 0 bridgehead atoms. The predicted molar refractivity (Wildman–Crippen MR) is 115 cm³/mol. The first-order chi connectivity index (χ1) is 15.0. The molecule has 0 aliphatic heterocycles. The van der Waals surface area contributed by atoms with Crippen molar-refractivity contribution < 1.29 is 22.7 Å². The van der Waals surface area contributed by atoms with Crippen molar-refractivity contribution in [1.82, 2.24) is 15.3 Å². The van der Waals surface area contributed by atoms with Crippen molar-refractivity contribution >= 4 is 17.5 Å². The van der Waals surface area contributed by atoms with Gasteiger partial charge < -0.3 is 10.1 Å². The Kier molecular flexibility index (Phi) is 7.32. The van der Waals surface area contributed by atoms with Crippen molar-refractivity contribution in [3.63, 3.8) is 0 Å². The number of rotatable bonds is 8. The first kappa shape index (κ1) is 24.3. The van der Waals surface area contributed by atoms with Crippen LogP contribution in [0.4, 0.5) is 13.2 Å². The molecule has 1 aliphatic carbocycles.